The molecule has 0 saturated carbocycles. The molecule has 0 radical (unpaired) electrons. The lowest BCUT2D eigenvalue weighted by Crippen LogP contribution is -2.34. The summed E-state index contributed by atoms with van der Waals surface area (Å²) < 4.78 is 25.5. The van der Waals surface area contributed by atoms with E-state index in [-0.39, 0.29) is 6.04 Å². The molecule has 0 aromatic heterocycles. The van der Waals surface area contributed by atoms with Gasteiger partial charge in [0.1, 0.15) is 0 Å². The highest BCUT2D eigenvalue weighted by Crippen LogP contribution is 2.39. The first-order valence-corrected chi connectivity index (χ1v) is 7.83. The predicted octanol–water partition coefficient (Wildman–Crippen LogP) is 2.55. The molecule has 2 aromatic rings. The Balaban J connectivity index is 2.37. The van der Waals surface area contributed by atoms with Crippen molar-refractivity contribution in [3.8, 4) is 0 Å². The van der Waals surface area contributed by atoms with Crippen molar-refractivity contribution in [2.24, 2.45) is 0 Å². The van der Waals surface area contributed by atoms with E-state index in [1.807, 2.05) is 37.3 Å². The van der Waals surface area contributed by atoms with Gasteiger partial charge in [-0.25, -0.2) is 8.42 Å². The highest BCUT2D eigenvalue weighted by atomic mass is 32.2. The quantitative estimate of drug-likeness (QED) is 0.791. The second-order valence-electron chi connectivity index (χ2n) is 4.91. The molecule has 0 fully saturated rings. The molecule has 0 bridgehead atoms. The van der Waals surface area contributed by atoms with Crippen molar-refractivity contribution >= 4 is 26.5 Å². The van der Waals surface area contributed by atoms with Gasteiger partial charge in [0.05, 0.1) is 11.9 Å². The molecule has 0 spiro atoms. The van der Waals surface area contributed by atoms with Crippen LogP contribution in [0.1, 0.15) is 12.5 Å². The molecule has 0 N–H and O–H groups in total. The van der Waals surface area contributed by atoms with Crippen LogP contribution in [0.3, 0.4) is 0 Å². The van der Waals surface area contributed by atoms with Crippen molar-refractivity contribution in [2.45, 2.75) is 19.4 Å². The summed E-state index contributed by atoms with van der Waals surface area (Å²) in [6.45, 7) is 1.95. The van der Waals surface area contributed by atoms with Gasteiger partial charge in [0.2, 0.25) is 10.0 Å². The van der Waals surface area contributed by atoms with Crippen LogP contribution in [0.15, 0.2) is 36.4 Å². The fourth-order valence-electron chi connectivity index (χ4n) is 2.84. The van der Waals surface area contributed by atoms with E-state index in [9.17, 15) is 8.42 Å². The molecule has 3 rings (SSSR count). The lowest BCUT2D eigenvalue weighted by atomic mass is 10.0. The number of anilines is 1. The Kier molecular flexibility index (Phi) is 2.38. The van der Waals surface area contributed by atoms with E-state index in [2.05, 4.69) is 6.07 Å². The van der Waals surface area contributed by atoms with Crippen molar-refractivity contribution in [1.29, 1.82) is 0 Å². The Bertz CT molecular complexity index is 722. The third kappa shape index (κ3) is 1.60. The molecule has 1 atom stereocenters. The lowest BCUT2D eigenvalue weighted by molar-refractivity contribution is 0.590. The number of benzene rings is 2. The van der Waals surface area contributed by atoms with Crippen LogP contribution in [0, 0.1) is 0 Å². The summed E-state index contributed by atoms with van der Waals surface area (Å²) in [7, 11) is -3.22. The Morgan fingerprint density at radius 3 is 2.61 bits per heavy atom. The topological polar surface area (TPSA) is 37.4 Å². The number of fused-ring (bicyclic) bond motifs is 3. The summed E-state index contributed by atoms with van der Waals surface area (Å²) in [6.07, 6.45) is 2.06. The number of sulfonamides is 1. The monoisotopic (exact) mass is 261 g/mol. The molecule has 4 heteroatoms. The summed E-state index contributed by atoms with van der Waals surface area (Å²) in [5.41, 5.74) is 1.98. The number of hydrogen-bond acceptors (Lipinski definition) is 2. The second kappa shape index (κ2) is 3.72. The van der Waals surface area contributed by atoms with Gasteiger partial charge in [0.25, 0.3) is 0 Å². The molecule has 1 aliphatic rings. The largest absolute Gasteiger partial charge is 0.266 e. The Morgan fingerprint density at radius 1 is 1.17 bits per heavy atom. The van der Waals surface area contributed by atoms with Gasteiger partial charge in [-0.05, 0) is 24.3 Å². The van der Waals surface area contributed by atoms with Crippen LogP contribution >= 0.6 is 0 Å². The van der Waals surface area contributed by atoms with E-state index in [4.69, 9.17) is 0 Å². The fourth-order valence-corrected chi connectivity index (χ4v) is 4.12. The number of rotatable bonds is 1. The van der Waals surface area contributed by atoms with Crippen molar-refractivity contribution in [1.82, 2.24) is 0 Å². The molecular formula is C14H15NO2S. The van der Waals surface area contributed by atoms with Crippen LogP contribution in [-0.4, -0.2) is 20.7 Å². The summed E-state index contributed by atoms with van der Waals surface area (Å²) in [5, 5.41) is 2.10. The van der Waals surface area contributed by atoms with Gasteiger partial charge < -0.3 is 0 Å². The zero-order valence-electron chi connectivity index (χ0n) is 10.4. The summed E-state index contributed by atoms with van der Waals surface area (Å²) in [5.74, 6) is 0. The zero-order chi connectivity index (χ0) is 12.9. The minimum absolute atomic E-state index is 0.000746. The maximum absolute atomic E-state index is 12.0. The molecule has 1 unspecified atom stereocenters. The van der Waals surface area contributed by atoms with E-state index in [1.165, 1.54) is 6.26 Å². The first-order chi connectivity index (χ1) is 8.48. The summed E-state index contributed by atoms with van der Waals surface area (Å²) in [4.78, 5) is 0. The van der Waals surface area contributed by atoms with Crippen LogP contribution in [0.4, 0.5) is 5.69 Å². The molecule has 94 valence electrons. The molecule has 0 amide bonds. The van der Waals surface area contributed by atoms with Gasteiger partial charge in [-0.3, -0.25) is 4.31 Å². The molecule has 18 heavy (non-hydrogen) atoms. The normalized spacial score (nSPS) is 19.2. The average molecular weight is 261 g/mol. The number of nitrogens with zero attached hydrogens (tertiary/aromatic N) is 1. The lowest BCUT2D eigenvalue weighted by Gasteiger charge is -2.23. The highest BCUT2D eigenvalue weighted by Gasteiger charge is 2.33. The van der Waals surface area contributed by atoms with Crippen LogP contribution in [-0.2, 0) is 16.4 Å². The molecule has 0 saturated heterocycles. The predicted molar refractivity (Wildman–Crippen MR) is 74.4 cm³/mol. The van der Waals surface area contributed by atoms with Crippen LogP contribution < -0.4 is 4.31 Å². The summed E-state index contributed by atoms with van der Waals surface area (Å²) in [6, 6.07) is 12.0. The number of hydrogen-bond donors (Lipinski definition) is 0. The molecule has 0 aliphatic carbocycles. The molecule has 1 aliphatic heterocycles. The molecule has 2 aromatic carbocycles. The maximum atomic E-state index is 12.0. The highest BCUT2D eigenvalue weighted by molar-refractivity contribution is 7.92. The third-order valence-electron chi connectivity index (χ3n) is 3.48. The first-order valence-electron chi connectivity index (χ1n) is 5.98. The summed E-state index contributed by atoms with van der Waals surface area (Å²) >= 11 is 0. The Hall–Kier alpha value is -1.55. The van der Waals surface area contributed by atoms with Gasteiger partial charge in [0, 0.05) is 11.4 Å². The minimum atomic E-state index is -3.22. The Labute approximate surface area is 107 Å². The van der Waals surface area contributed by atoms with Crippen molar-refractivity contribution in [3.63, 3.8) is 0 Å². The van der Waals surface area contributed by atoms with Crippen molar-refractivity contribution in [3.05, 3.63) is 42.0 Å². The third-order valence-corrected chi connectivity index (χ3v) is 4.73. The SMILES string of the molecule is CC1Cc2ccc3ccccc3c2N1S(C)(=O)=O. The van der Waals surface area contributed by atoms with E-state index in [0.29, 0.717) is 0 Å². The van der Waals surface area contributed by atoms with E-state index < -0.39 is 10.0 Å². The average Bonchev–Trinajstić information content (AvgIpc) is 2.65. The van der Waals surface area contributed by atoms with E-state index in [1.54, 1.807) is 4.31 Å². The molecular weight excluding hydrogens is 246 g/mol. The van der Waals surface area contributed by atoms with E-state index in [0.717, 1.165) is 28.4 Å². The van der Waals surface area contributed by atoms with Crippen LogP contribution in [0.25, 0.3) is 10.8 Å². The van der Waals surface area contributed by atoms with Gasteiger partial charge in [-0.1, -0.05) is 36.4 Å². The zero-order valence-corrected chi connectivity index (χ0v) is 11.2. The molecule has 3 nitrogen and oxygen atoms in total. The minimum Gasteiger partial charge on any atom is -0.266 e. The maximum Gasteiger partial charge on any atom is 0.232 e. The van der Waals surface area contributed by atoms with Crippen LogP contribution in [0.5, 0.6) is 0 Å². The second-order valence-corrected chi connectivity index (χ2v) is 6.77. The van der Waals surface area contributed by atoms with Gasteiger partial charge in [0.15, 0.2) is 0 Å². The first kappa shape index (κ1) is 11.5. The fraction of sp³-hybridized carbons (Fsp3) is 0.286. The standard InChI is InChI=1S/C14H15NO2S/c1-10-9-12-8-7-11-5-3-4-6-13(11)14(12)15(10)18(2,16)17/h3-8,10H,9H2,1-2H3. The Morgan fingerprint density at radius 2 is 1.89 bits per heavy atom. The van der Waals surface area contributed by atoms with Gasteiger partial charge in [-0.15, -0.1) is 0 Å². The van der Waals surface area contributed by atoms with Crippen LogP contribution in [0.2, 0.25) is 0 Å². The smallest absolute Gasteiger partial charge is 0.232 e. The van der Waals surface area contributed by atoms with E-state index >= 15 is 0 Å². The van der Waals surface area contributed by atoms with Crippen molar-refractivity contribution < 1.29 is 8.42 Å². The van der Waals surface area contributed by atoms with Crippen molar-refractivity contribution in [2.75, 3.05) is 10.6 Å². The molecule has 1 heterocycles. The van der Waals surface area contributed by atoms with Gasteiger partial charge in [-0.2, -0.15) is 0 Å². The van der Waals surface area contributed by atoms with Gasteiger partial charge >= 0.3 is 0 Å².